The van der Waals surface area contributed by atoms with Crippen molar-refractivity contribution in [3.63, 3.8) is 0 Å². The molecule has 0 bridgehead atoms. The molecule has 1 aromatic carbocycles. The van der Waals surface area contributed by atoms with Crippen molar-refractivity contribution >= 4 is 5.69 Å². The second-order valence-corrected chi connectivity index (χ2v) is 2.37. The molecular formula is C9H11NO. The van der Waals surface area contributed by atoms with E-state index >= 15 is 0 Å². The Hall–Kier alpha value is -1.44. The molecule has 0 spiro atoms. The summed E-state index contributed by atoms with van der Waals surface area (Å²) in [6.07, 6.45) is 1.53. The van der Waals surface area contributed by atoms with Crippen LogP contribution in [0.4, 0.5) is 5.69 Å². The standard InChI is InChI=1S/C9H11NO/c1-3-10-8-5-4-7(2)6-9(8)11/h3-6,10-11H,1H2,2H3. The first-order chi connectivity index (χ1) is 5.24. The lowest BCUT2D eigenvalue weighted by molar-refractivity contribution is 0.477. The van der Waals surface area contributed by atoms with Gasteiger partial charge in [0.1, 0.15) is 5.75 Å². The summed E-state index contributed by atoms with van der Waals surface area (Å²) < 4.78 is 0. The highest BCUT2D eigenvalue weighted by Gasteiger charge is 1.96. The van der Waals surface area contributed by atoms with Crippen LogP contribution in [0.15, 0.2) is 31.0 Å². The molecule has 0 unspecified atom stereocenters. The van der Waals surface area contributed by atoms with Gasteiger partial charge in [0.05, 0.1) is 5.69 Å². The SMILES string of the molecule is C=CNc1ccc(C)cc1O. The van der Waals surface area contributed by atoms with Crippen LogP contribution in [0.1, 0.15) is 5.56 Å². The summed E-state index contributed by atoms with van der Waals surface area (Å²) in [5.41, 5.74) is 1.72. The predicted molar refractivity (Wildman–Crippen MR) is 46.7 cm³/mol. The number of rotatable bonds is 2. The van der Waals surface area contributed by atoms with Crippen LogP contribution in [0.25, 0.3) is 0 Å². The van der Waals surface area contributed by atoms with Gasteiger partial charge in [-0.2, -0.15) is 0 Å². The van der Waals surface area contributed by atoms with Crippen molar-refractivity contribution in [1.29, 1.82) is 0 Å². The molecular weight excluding hydrogens is 138 g/mol. The van der Waals surface area contributed by atoms with Gasteiger partial charge < -0.3 is 10.4 Å². The van der Waals surface area contributed by atoms with E-state index in [1.54, 1.807) is 6.07 Å². The Bertz CT molecular complexity index is 268. The second kappa shape index (κ2) is 3.10. The van der Waals surface area contributed by atoms with Crippen LogP contribution >= 0.6 is 0 Å². The van der Waals surface area contributed by atoms with Crippen LogP contribution in [-0.2, 0) is 0 Å². The molecule has 0 aliphatic rings. The first-order valence-electron chi connectivity index (χ1n) is 3.41. The molecule has 0 amide bonds. The Balaban J connectivity index is 2.98. The summed E-state index contributed by atoms with van der Waals surface area (Å²) in [6.45, 7) is 5.43. The van der Waals surface area contributed by atoms with E-state index in [1.807, 2.05) is 19.1 Å². The number of hydrogen-bond acceptors (Lipinski definition) is 2. The van der Waals surface area contributed by atoms with Crippen molar-refractivity contribution < 1.29 is 5.11 Å². The van der Waals surface area contributed by atoms with Gasteiger partial charge in [-0.3, -0.25) is 0 Å². The smallest absolute Gasteiger partial charge is 0.139 e. The molecule has 11 heavy (non-hydrogen) atoms. The number of aromatic hydroxyl groups is 1. The Kier molecular flexibility index (Phi) is 2.16. The van der Waals surface area contributed by atoms with Crippen molar-refractivity contribution in [2.75, 3.05) is 5.32 Å². The molecule has 0 aliphatic carbocycles. The molecule has 0 atom stereocenters. The first-order valence-corrected chi connectivity index (χ1v) is 3.41. The second-order valence-electron chi connectivity index (χ2n) is 2.37. The zero-order valence-corrected chi connectivity index (χ0v) is 6.46. The van der Waals surface area contributed by atoms with E-state index in [9.17, 15) is 5.11 Å². The Morgan fingerprint density at radius 1 is 1.55 bits per heavy atom. The fraction of sp³-hybridized carbons (Fsp3) is 0.111. The van der Waals surface area contributed by atoms with Crippen molar-refractivity contribution in [2.24, 2.45) is 0 Å². The fourth-order valence-electron chi connectivity index (χ4n) is 0.874. The van der Waals surface area contributed by atoms with E-state index in [2.05, 4.69) is 11.9 Å². The van der Waals surface area contributed by atoms with Crippen LogP contribution in [0, 0.1) is 6.92 Å². The molecule has 2 nitrogen and oxygen atoms in total. The van der Waals surface area contributed by atoms with Gasteiger partial charge in [-0.15, -0.1) is 0 Å². The monoisotopic (exact) mass is 149 g/mol. The maximum Gasteiger partial charge on any atom is 0.139 e. The molecule has 0 aromatic heterocycles. The molecule has 58 valence electrons. The van der Waals surface area contributed by atoms with Gasteiger partial charge in [-0.25, -0.2) is 0 Å². The largest absolute Gasteiger partial charge is 0.506 e. The predicted octanol–water partition coefficient (Wildman–Crippen LogP) is 2.26. The average Bonchev–Trinajstić information content (AvgIpc) is 1.95. The van der Waals surface area contributed by atoms with Gasteiger partial charge in [0, 0.05) is 0 Å². The minimum Gasteiger partial charge on any atom is -0.506 e. The molecule has 0 saturated heterocycles. The summed E-state index contributed by atoms with van der Waals surface area (Å²) >= 11 is 0. The summed E-state index contributed by atoms with van der Waals surface area (Å²) in [4.78, 5) is 0. The molecule has 2 heteroatoms. The molecule has 0 aliphatic heterocycles. The highest BCUT2D eigenvalue weighted by Crippen LogP contribution is 2.23. The third-order valence-corrected chi connectivity index (χ3v) is 1.41. The van der Waals surface area contributed by atoms with Gasteiger partial charge in [-0.1, -0.05) is 12.6 Å². The Morgan fingerprint density at radius 3 is 2.82 bits per heavy atom. The van der Waals surface area contributed by atoms with E-state index in [-0.39, 0.29) is 5.75 Å². The quantitative estimate of drug-likeness (QED) is 0.632. The minimum atomic E-state index is 0.255. The average molecular weight is 149 g/mol. The van der Waals surface area contributed by atoms with Crippen LogP contribution in [0.2, 0.25) is 0 Å². The number of aryl methyl sites for hydroxylation is 1. The lowest BCUT2D eigenvalue weighted by Gasteiger charge is -2.03. The van der Waals surface area contributed by atoms with Gasteiger partial charge in [0.2, 0.25) is 0 Å². The number of phenolic OH excluding ortho intramolecular Hbond substituents is 1. The summed E-state index contributed by atoms with van der Waals surface area (Å²) in [7, 11) is 0. The van der Waals surface area contributed by atoms with Gasteiger partial charge in [0.15, 0.2) is 0 Å². The van der Waals surface area contributed by atoms with Crippen molar-refractivity contribution in [3.05, 3.63) is 36.5 Å². The van der Waals surface area contributed by atoms with E-state index < -0.39 is 0 Å². The molecule has 2 N–H and O–H groups in total. The summed E-state index contributed by atoms with van der Waals surface area (Å²) in [5, 5.41) is 12.1. The molecule has 1 aromatic rings. The van der Waals surface area contributed by atoms with E-state index in [1.165, 1.54) is 6.20 Å². The Labute approximate surface area is 66.2 Å². The molecule has 0 radical (unpaired) electrons. The zero-order chi connectivity index (χ0) is 8.27. The van der Waals surface area contributed by atoms with Crippen LogP contribution < -0.4 is 5.32 Å². The number of benzene rings is 1. The zero-order valence-electron chi connectivity index (χ0n) is 6.46. The van der Waals surface area contributed by atoms with Crippen LogP contribution in [0.3, 0.4) is 0 Å². The fourth-order valence-corrected chi connectivity index (χ4v) is 0.874. The number of hydrogen-bond donors (Lipinski definition) is 2. The van der Waals surface area contributed by atoms with E-state index in [4.69, 9.17) is 0 Å². The van der Waals surface area contributed by atoms with E-state index in [0.717, 1.165) is 5.56 Å². The third-order valence-electron chi connectivity index (χ3n) is 1.41. The van der Waals surface area contributed by atoms with Crippen LogP contribution in [-0.4, -0.2) is 5.11 Å². The van der Waals surface area contributed by atoms with Crippen molar-refractivity contribution in [3.8, 4) is 5.75 Å². The highest BCUT2D eigenvalue weighted by molar-refractivity contribution is 5.57. The van der Waals surface area contributed by atoms with Crippen molar-refractivity contribution in [2.45, 2.75) is 6.92 Å². The third kappa shape index (κ3) is 1.74. The topological polar surface area (TPSA) is 32.3 Å². The normalized spacial score (nSPS) is 9.18. The molecule has 0 fully saturated rings. The summed E-state index contributed by atoms with van der Waals surface area (Å²) in [5.74, 6) is 0.255. The molecule has 0 saturated carbocycles. The maximum atomic E-state index is 9.31. The molecule has 1 rings (SSSR count). The lowest BCUT2D eigenvalue weighted by Crippen LogP contribution is -1.86. The number of phenols is 1. The molecule has 0 heterocycles. The Morgan fingerprint density at radius 2 is 2.27 bits per heavy atom. The van der Waals surface area contributed by atoms with Crippen LogP contribution in [0.5, 0.6) is 5.75 Å². The highest BCUT2D eigenvalue weighted by atomic mass is 16.3. The number of anilines is 1. The number of nitrogens with one attached hydrogen (secondary N) is 1. The minimum absolute atomic E-state index is 0.255. The summed E-state index contributed by atoms with van der Waals surface area (Å²) in [6, 6.07) is 5.43. The first kappa shape index (κ1) is 7.66. The van der Waals surface area contributed by atoms with Gasteiger partial charge >= 0.3 is 0 Å². The van der Waals surface area contributed by atoms with Gasteiger partial charge in [-0.05, 0) is 30.8 Å². The van der Waals surface area contributed by atoms with Crippen molar-refractivity contribution in [1.82, 2.24) is 0 Å². The van der Waals surface area contributed by atoms with Gasteiger partial charge in [0.25, 0.3) is 0 Å². The maximum absolute atomic E-state index is 9.31. The lowest BCUT2D eigenvalue weighted by atomic mass is 10.2. The van der Waals surface area contributed by atoms with E-state index in [0.29, 0.717) is 5.69 Å².